The Hall–Kier alpha value is -0.570. The molecular weight excluding hydrogens is 190 g/mol. The highest BCUT2D eigenvalue weighted by Gasteiger charge is 2.22. The topological polar surface area (TPSA) is 29.5 Å². The lowest BCUT2D eigenvalue weighted by atomic mass is 10.1. The molecule has 0 radical (unpaired) electrons. The molecule has 88 valence electrons. The van der Waals surface area contributed by atoms with Gasteiger partial charge in [-0.2, -0.15) is 0 Å². The first-order valence-electron chi connectivity index (χ1n) is 6.06. The molecule has 0 aromatic rings. The Labute approximate surface area is 92.8 Å². The smallest absolute Gasteiger partial charge is 0.222 e. The molecule has 0 bridgehead atoms. The quantitative estimate of drug-likeness (QED) is 0.716. The third-order valence-corrected chi connectivity index (χ3v) is 2.72. The average Bonchev–Trinajstić information content (AvgIpc) is 2.18. The van der Waals surface area contributed by atoms with Crippen LogP contribution in [-0.2, 0) is 9.53 Å². The maximum Gasteiger partial charge on any atom is 0.222 e. The summed E-state index contributed by atoms with van der Waals surface area (Å²) in [6.45, 7) is 7.92. The Morgan fingerprint density at radius 3 is 2.47 bits per heavy atom. The van der Waals surface area contributed by atoms with Gasteiger partial charge in [-0.15, -0.1) is 0 Å². The molecule has 1 aliphatic heterocycles. The SMILES string of the molecule is CCCC(=O)N1CCC(OC(C)C)CC1. The first kappa shape index (κ1) is 12.5. The number of hydrogen-bond donors (Lipinski definition) is 0. The standard InChI is InChI=1S/C12H23NO2/c1-4-5-12(14)13-8-6-11(7-9-13)15-10(2)3/h10-11H,4-9H2,1-3H3. The second-order valence-corrected chi connectivity index (χ2v) is 4.51. The van der Waals surface area contributed by atoms with E-state index in [4.69, 9.17) is 4.74 Å². The summed E-state index contributed by atoms with van der Waals surface area (Å²) in [6.07, 6.45) is 4.28. The average molecular weight is 213 g/mol. The van der Waals surface area contributed by atoms with Gasteiger partial charge >= 0.3 is 0 Å². The number of carbonyl (C=O) groups is 1. The molecule has 3 nitrogen and oxygen atoms in total. The zero-order valence-corrected chi connectivity index (χ0v) is 10.2. The van der Waals surface area contributed by atoms with E-state index in [9.17, 15) is 4.79 Å². The number of nitrogens with zero attached hydrogens (tertiary/aromatic N) is 1. The van der Waals surface area contributed by atoms with Gasteiger partial charge in [0.1, 0.15) is 0 Å². The Morgan fingerprint density at radius 1 is 1.40 bits per heavy atom. The van der Waals surface area contributed by atoms with Crippen molar-refractivity contribution >= 4 is 5.91 Å². The van der Waals surface area contributed by atoms with Gasteiger partial charge in [-0.25, -0.2) is 0 Å². The van der Waals surface area contributed by atoms with E-state index in [0.29, 0.717) is 24.5 Å². The molecule has 15 heavy (non-hydrogen) atoms. The lowest BCUT2D eigenvalue weighted by Crippen LogP contribution is -2.41. The molecule has 0 aromatic heterocycles. The van der Waals surface area contributed by atoms with Crippen LogP contribution in [0, 0.1) is 0 Å². The summed E-state index contributed by atoms with van der Waals surface area (Å²) in [5, 5.41) is 0. The predicted octanol–water partition coefficient (Wildman–Crippen LogP) is 2.20. The first-order valence-corrected chi connectivity index (χ1v) is 6.06. The Bertz CT molecular complexity index is 196. The van der Waals surface area contributed by atoms with E-state index in [1.807, 2.05) is 11.8 Å². The molecule has 1 fully saturated rings. The molecule has 3 heteroatoms. The molecule has 0 saturated carbocycles. The van der Waals surface area contributed by atoms with Crippen LogP contribution < -0.4 is 0 Å². The van der Waals surface area contributed by atoms with Crippen LogP contribution in [0.2, 0.25) is 0 Å². The van der Waals surface area contributed by atoms with Crippen molar-refractivity contribution in [1.29, 1.82) is 0 Å². The molecule has 0 spiro atoms. The van der Waals surface area contributed by atoms with Crippen molar-refractivity contribution in [3.63, 3.8) is 0 Å². The van der Waals surface area contributed by atoms with Gasteiger partial charge in [-0.3, -0.25) is 4.79 Å². The van der Waals surface area contributed by atoms with Crippen molar-refractivity contribution in [3.05, 3.63) is 0 Å². The molecule has 0 aliphatic carbocycles. The van der Waals surface area contributed by atoms with Gasteiger partial charge in [0.15, 0.2) is 0 Å². The van der Waals surface area contributed by atoms with Gasteiger partial charge in [0.25, 0.3) is 0 Å². The molecule has 1 rings (SSSR count). The largest absolute Gasteiger partial charge is 0.375 e. The molecule has 1 saturated heterocycles. The summed E-state index contributed by atoms with van der Waals surface area (Å²) < 4.78 is 5.74. The van der Waals surface area contributed by atoms with E-state index in [2.05, 4.69) is 13.8 Å². The van der Waals surface area contributed by atoms with Crippen LogP contribution in [0.1, 0.15) is 46.5 Å². The number of amides is 1. The van der Waals surface area contributed by atoms with Crippen molar-refractivity contribution in [2.75, 3.05) is 13.1 Å². The van der Waals surface area contributed by atoms with Crippen LogP contribution in [0.3, 0.4) is 0 Å². The second-order valence-electron chi connectivity index (χ2n) is 4.51. The van der Waals surface area contributed by atoms with E-state index in [1.54, 1.807) is 0 Å². The van der Waals surface area contributed by atoms with Crippen LogP contribution in [0.4, 0.5) is 0 Å². The molecule has 0 aromatic carbocycles. The lowest BCUT2D eigenvalue weighted by Gasteiger charge is -2.32. The number of hydrogen-bond acceptors (Lipinski definition) is 2. The zero-order valence-electron chi connectivity index (χ0n) is 10.2. The van der Waals surface area contributed by atoms with Crippen molar-refractivity contribution < 1.29 is 9.53 Å². The van der Waals surface area contributed by atoms with Gasteiger partial charge in [-0.1, -0.05) is 6.92 Å². The van der Waals surface area contributed by atoms with Crippen LogP contribution in [0.5, 0.6) is 0 Å². The van der Waals surface area contributed by atoms with E-state index >= 15 is 0 Å². The molecule has 1 heterocycles. The minimum Gasteiger partial charge on any atom is -0.375 e. The molecule has 0 N–H and O–H groups in total. The molecule has 1 aliphatic rings. The Balaban J connectivity index is 2.26. The van der Waals surface area contributed by atoms with Crippen molar-refractivity contribution in [2.24, 2.45) is 0 Å². The highest BCUT2D eigenvalue weighted by Crippen LogP contribution is 2.16. The molecule has 1 amide bonds. The summed E-state index contributed by atoms with van der Waals surface area (Å²) in [4.78, 5) is 13.6. The van der Waals surface area contributed by atoms with Crippen LogP contribution in [0.25, 0.3) is 0 Å². The number of likely N-dealkylation sites (tertiary alicyclic amines) is 1. The van der Waals surface area contributed by atoms with E-state index in [0.717, 1.165) is 32.4 Å². The summed E-state index contributed by atoms with van der Waals surface area (Å²) in [5.74, 6) is 0.306. The van der Waals surface area contributed by atoms with Gasteiger partial charge in [0.2, 0.25) is 5.91 Å². The lowest BCUT2D eigenvalue weighted by molar-refractivity contribution is -0.134. The third-order valence-electron chi connectivity index (χ3n) is 2.72. The normalized spacial score (nSPS) is 18.5. The minimum absolute atomic E-state index is 0.299. The second kappa shape index (κ2) is 6.11. The first-order chi connectivity index (χ1) is 7.13. The summed E-state index contributed by atoms with van der Waals surface area (Å²) in [5.41, 5.74) is 0. The molecule has 0 unspecified atom stereocenters. The van der Waals surface area contributed by atoms with Gasteiger partial charge in [-0.05, 0) is 33.1 Å². The monoisotopic (exact) mass is 213 g/mol. The number of carbonyl (C=O) groups excluding carboxylic acids is 1. The fourth-order valence-corrected chi connectivity index (χ4v) is 2.00. The molecule has 0 atom stereocenters. The Kier molecular flexibility index (Phi) is 5.09. The van der Waals surface area contributed by atoms with Crippen LogP contribution in [0.15, 0.2) is 0 Å². The maximum absolute atomic E-state index is 11.6. The van der Waals surface area contributed by atoms with Gasteiger partial charge in [0, 0.05) is 19.5 Å². The fraction of sp³-hybridized carbons (Fsp3) is 0.917. The molecular formula is C12H23NO2. The number of rotatable bonds is 4. The Morgan fingerprint density at radius 2 is 2.00 bits per heavy atom. The van der Waals surface area contributed by atoms with E-state index in [-0.39, 0.29) is 0 Å². The van der Waals surface area contributed by atoms with Crippen molar-refractivity contribution in [3.8, 4) is 0 Å². The van der Waals surface area contributed by atoms with Crippen LogP contribution in [-0.4, -0.2) is 36.1 Å². The van der Waals surface area contributed by atoms with Crippen molar-refractivity contribution in [1.82, 2.24) is 4.90 Å². The third kappa shape index (κ3) is 4.20. The number of piperidine rings is 1. The fourth-order valence-electron chi connectivity index (χ4n) is 2.00. The highest BCUT2D eigenvalue weighted by molar-refractivity contribution is 5.76. The summed E-state index contributed by atoms with van der Waals surface area (Å²) in [7, 11) is 0. The van der Waals surface area contributed by atoms with Gasteiger partial charge in [0.05, 0.1) is 12.2 Å². The van der Waals surface area contributed by atoms with E-state index in [1.165, 1.54) is 0 Å². The van der Waals surface area contributed by atoms with Crippen molar-refractivity contribution in [2.45, 2.75) is 58.7 Å². The summed E-state index contributed by atoms with van der Waals surface area (Å²) >= 11 is 0. The summed E-state index contributed by atoms with van der Waals surface area (Å²) in [6, 6.07) is 0. The minimum atomic E-state index is 0.299. The zero-order chi connectivity index (χ0) is 11.3. The highest BCUT2D eigenvalue weighted by atomic mass is 16.5. The number of ether oxygens (including phenoxy) is 1. The van der Waals surface area contributed by atoms with Crippen LogP contribution >= 0.6 is 0 Å². The van der Waals surface area contributed by atoms with Gasteiger partial charge < -0.3 is 9.64 Å². The predicted molar refractivity (Wildman–Crippen MR) is 60.7 cm³/mol. The van der Waals surface area contributed by atoms with E-state index < -0.39 is 0 Å². The maximum atomic E-state index is 11.6.